The van der Waals surface area contributed by atoms with Gasteiger partial charge in [0.05, 0.1) is 16.2 Å². The summed E-state index contributed by atoms with van der Waals surface area (Å²) in [6.07, 6.45) is 1.26. The van der Waals surface area contributed by atoms with E-state index >= 15 is 0 Å². The number of nitrogens with zero attached hydrogens (tertiary/aromatic N) is 2. The molecular formula is C16H13ClN2O. The van der Waals surface area contributed by atoms with Crippen molar-refractivity contribution in [3.8, 4) is 0 Å². The van der Waals surface area contributed by atoms with Crippen molar-refractivity contribution in [2.24, 2.45) is 0 Å². The van der Waals surface area contributed by atoms with Gasteiger partial charge in [-0.3, -0.25) is 9.97 Å². The van der Waals surface area contributed by atoms with Gasteiger partial charge in [-0.15, -0.1) is 0 Å². The maximum absolute atomic E-state index is 10.2. The van der Waals surface area contributed by atoms with Gasteiger partial charge < -0.3 is 5.11 Å². The summed E-state index contributed by atoms with van der Waals surface area (Å²) >= 11 is 6.04. The van der Waals surface area contributed by atoms with Gasteiger partial charge in [-0.2, -0.15) is 0 Å². The summed E-state index contributed by atoms with van der Waals surface area (Å²) in [5.74, 6) is 0. The number of fused-ring (bicyclic) bond motifs is 1. The highest BCUT2D eigenvalue weighted by atomic mass is 35.5. The Morgan fingerprint density at radius 1 is 1.05 bits per heavy atom. The fraction of sp³-hybridized carbons (Fsp3) is 0.125. The Morgan fingerprint density at radius 3 is 2.75 bits per heavy atom. The van der Waals surface area contributed by atoms with Crippen LogP contribution in [0.15, 0.2) is 54.7 Å². The highest BCUT2D eigenvalue weighted by Gasteiger charge is 2.14. The molecule has 0 saturated carbocycles. The zero-order valence-electron chi connectivity index (χ0n) is 10.7. The Hall–Kier alpha value is -1.97. The van der Waals surface area contributed by atoms with Crippen LogP contribution in [-0.2, 0) is 6.42 Å². The van der Waals surface area contributed by atoms with Crippen LogP contribution in [-0.4, -0.2) is 15.1 Å². The number of benzene rings is 1. The number of para-hydroxylation sites is 1. The van der Waals surface area contributed by atoms with E-state index in [2.05, 4.69) is 9.97 Å². The third kappa shape index (κ3) is 2.64. The van der Waals surface area contributed by atoms with Crippen LogP contribution < -0.4 is 0 Å². The topological polar surface area (TPSA) is 46.0 Å². The quantitative estimate of drug-likeness (QED) is 0.800. The van der Waals surface area contributed by atoms with Crippen molar-refractivity contribution in [2.75, 3.05) is 0 Å². The van der Waals surface area contributed by atoms with Gasteiger partial charge in [0.2, 0.25) is 0 Å². The van der Waals surface area contributed by atoms with E-state index in [1.54, 1.807) is 18.3 Å². The second kappa shape index (κ2) is 5.57. The molecule has 0 aliphatic rings. The van der Waals surface area contributed by atoms with Gasteiger partial charge in [0, 0.05) is 23.7 Å². The van der Waals surface area contributed by atoms with Gasteiger partial charge >= 0.3 is 0 Å². The molecular weight excluding hydrogens is 272 g/mol. The van der Waals surface area contributed by atoms with Crippen LogP contribution in [0.3, 0.4) is 0 Å². The first kappa shape index (κ1) is 13.0. The van der Waals surface area contributed by atoms with Crippen molar-refractivity contribution in [3.05, 3.63) is 71.1 Å². The molecule has 0 aliphatic carbocycles. The zero-order valence-corrected chi connectivity index (χ0v) is 11.5. The van der Waals surface area contributed by atoms with Crippen molar-refractivity contribution in [3.63, 3.8) is 0 Å². The molecule has 1 atom stereocenters. The van der Waals surface area contributed by atoms with Crippen LogP contribution >= 0.6 is 11.6 Å². The molecule has 2 aromatic heterocycles. The largest absolute Gasteiger partial charge is 0.386 e. The standard InChI is InChI=1S/C16H13ClN2O/c17-13-5-3-9-18-16(13)15(20)10-12-8-7-11-4-1-2-6-14(11)19-12/h1-9,15,20H,10H2. The highest BCUT2D eigenvalue weighted by molar-refractivity contribution is 6.31. The van der Waals surface area contributed by atoms with Gasteiger partial charge in [-0.25, -0.2) is 0 Å². The lowest BCUT2D eigenvalue weighted by Gasteiger charge is -2.11. The van der Waals surface area contributed by atoms with Crippen LogP contribution in [0.2, 0.25) is 5.02 Å². The third-order valence-corrected chi connectivity index (χ3v) is 3.48. The van der Waals surface area contributed by atoms with E-state index in [9.17, 15) is 5.11 Å². The monoisotopic (exact) mass is 284 g/mol. The van der Waals surface area contributed by atoms with Crippen LogP contribution in [0.4, 0.5) is 0 Å². The van der Waals surface area contributed by atoms with Crippen LogP contribution in [0.1, 0.15) is 17.5 Å². The molecule has 1 aromatic carbocycles. The molecule has 0 bridgehead atoms. The molecule has 0 spiro atoms. The van der Waals surface area contributed by atoms with Gasteiger partial charge in [-0.1, -0.05) is 35.9 Å². The molecule has 100 valence electrons. The molecule has 3 nitrogen and oxygen atoms in total. The number of aromatic nitrogens is 2. The van der Waals surface area contributed by atoms with E-state index in [0.717, 1.165) is 16.6 Å². The van der Waals surface area contributed by atoms with Crippen molar-refractivity contribution in [1.82, 2.24) is 9.97 Å². The van der Waals surface area contributed by atoms with Crippen molar-refractivity contribution in [2.45, 2.75) is 12.5 Å². The Labute approximate surface area is 121 Å². The number of pyridine rings is 2. The molecule has 0 aliphatic heterocycles. The van der Waals surface area contributed by atoms with Gasteiger partial charge in [0.25, 0.3) is 0 Å². The Kier molecular flexibility index (Phi) is 3.63. The number of rotatable bonds is 3. The van der Waals surface area contributed by atoms with E-state index in [1.165, 1.54) is 0 Å². The molecule has 0 radical (unpaired) electrons. The predicted molar refractivity (Wildman–Crippen MR) is 79.7 cm³/mol. The van der Waals surface area contributed by atoms with E-state index < -0.39 is 6.10 Å². The molecule has 0 amide bonds. The summed E-state index contributed by atoms with van der Waals surface area (Å²) in [7, 11) is 0. The maximum atomic E-state index is 10.2. The van der Waals surface area contributed by atoms with E-state index in [1.807, 2.05) is 36.4 Å². The first-order valence-electron chi connectivity index (χ1n) is 6.37. The van der Waals surface area contributed by atoms with Gasteiger partial charge in [0.1, 0.15) is 6.10 Å². The molecule has 0 fully saturated rings. The predicted octanol–water partition coefficient (Wildman–Crippen LogP) is 3.56. The number of aliphatic hydroxyl groups is 1. The second-order valence-corrected chi connectivity index (χ2v) is 4.99. The summed E-state index contributed by atoms with van der Waals surface area (Å²) in [6.45, 7) is 0. The summed E-state index contributed by atoms with van der Waals surface area (Å²) in [4.78, 5) is 8.67. The molecule has 1 unspecified atom stereocenters. The normalized spacial score (nSPS) is 12.5. The van der Waals surface area contributed by atoms with Crippen LogP contribution in [0, 0.1) is 0 Å². The zero-order chi connectivity index (χ0) is 13.9. The minimum atomic E-state index is -0.752. The lowest BCUT2D eigenvalue weighted by Crippen LogP contribution is -2.06. The fourth-order valence-electron chi connectivity index (χ4n) is 2.16. The molecule has 3 rings (SSSR count). The molecule has 1 N–H and O–H groups in total. The average molecular weight is 285 g/mol. The molecule has 4 heteroatoms. The SMILES string of the molecule is OC(Cc1ccc2ccccc2n1)c1ncccc1Cl. The highest BCUT2D eigenvalue weighted by Crippen LogP contribution is 2.23. The Balaban J connectivity index is 1.87. The van der Waals surface area contributed by atoms with Crippen molar-refractivity contribution in [1.29, 1.82) is 0 Å². The summed E-state index contributed by atoms with van der Waals surface area (Å²) < 4.78 is 0. The van der Waals surface area contributed by atoms with Gasteiger partial charge in [0.15, 0.2) is 0 Å². The summed E-state index contributed by atoms with van der Waals surface area (Å²) in [5.41, 5.74) is 2.23. The first-order chi connectivity index (χ1) is 9.74. The lowest BCUT2D eigenvalue weighted by atomic mass is 10.1. The molecule has 3 aromatic rings. The number of halogens is 1. The first-order valence-corrected chi connectivity index (χ1v) is 6.75. The summed E-state index contributed by atoms with van der Waals surface area (Å²) in [5, 5.41) is 11.8. The Morgan fingerprint density at radius 2 is 1.90 bits per heavy atom. The van der Waals surface area contributed by atoms with E-state index in [-0.39, 0.29) is 0 Å². The minimum Gasteiger partial charge on any atom is -0.386 e. The number of aliphatic hydroxyl groups excluding tert-OH is 1. The van der Waals surface area contributed by atoms with Crippen molar-refractivity contribution >= 4 is 22.5 Å². The molecule has 0 saturated heterocycles. The van der Waals surface area contributed by atoms with Crippen LogP contribution in [0.5, 0.6) is 0 Å². The van der Waals surface area contributed by atoms with E-state index in [4.69, 9.17) is 11.6 Å². The Bertz CT molecular complexity index is 745. The lowest BCUT2D eigenvalue weighted by molar-refractivity contribution is 0.172. The maximum Gasteiger partial charge on any atom is 0.103 e. The number of hydrogen-bond acceptors (Lipinski definition) is 3. The number of hydrogen-bond donors (Lipinski definition) is 1. The third-order valence-electron chi connectivity index (χ3n) is 3.16. The average Bonchev–Trinajstić information content (AvgIpc) is 2.47. The van der Waals surface area contributed by atoms with Gasteiger partial charge in [-0.05, 0) is 24.3 Å². The van der Waals surface area contributed by atoms with E-state index in [0.29, 0.717) is 17.1 Å². The fourth-order valence-corrected chi connectivity index (χ4v) is 2.41. The van der Waals surface area contributed by atoms with Crippen LogP contribution in [0.25, 0.3) is 10.9 Å². The smallest absolute Gasteiger partial charge is 0.103 e. The second-order valence-electron chi connectivity index (χ2n) is 4.59. The minimum absolute atomic E-state index is 0.390. The van der Waals surface area contributed by atoms with Crippen molar-refractivity contribution < 1.29 is 5.11 Å². The molecule has 20 heavy (non-hydrogen) atoms. The summed E-state index contributed by atoms with van der Waals surface area (Å²) in [6, 6.07) is 15.3. The molecule has 2 heterocycles.